The summed E-state index contributed by atoms with van der Waals surface area (Å²) in [6.07, 6.45) is 0. The van der Waals surface area contributed by atoms with Crippen molar-refractivity contribution >= 4 is 16.0 Å². The lowest BCUT2D eigenvalue weighted by atomic mass is 10.1. The molecule has 0 spiro atoms. The van der Waals surface area contributed by atoms with Gasteiger partial charge >= 0.3 is 5.97 Å². The summed E-state index contributed by atoms with van der Waals surface area (Å²) in [5.74, 6) is 0.828. The van der Waals surface area contributed by atoms with Gasteiger partial charge in [-0.3, -0.25) is 0 Å². The van der Waals surface area contributed by atoms with Crippen LogP contribution in [0.5, 0.6) is 11.5 Å². The number of nitrogens with zero attached hydrogens (tertiary/aromatic N) is 1. The van der Waals surface area contributed by atoms with E-state index in [1.54, 1.807) is 43.5 Å². The Morgan fingerprint density at radius 1 is 0.857 bits per heavy atom. The highest BCUT2D eigenvalue weighted by molar-refractivity contribution is 7.89. The van der Waals surface area contributed by atoms with Gasteiger partial charge in [0.2, 0.25) is 10.0 Å². The Balaban J connectivity index is 1.29. The minimum absolute atomic E-state index is 0.0371. The Morgan fingerprint density at radius 2 is 1.46 bits per heavy atom. The fourth-order valence-electron chi connectivity index (χ4n) is 3.56. The van der Waals surface area contributed by atoms with Crippen LogP contribution in [0.2, 0.25) is 0 Å². The van der Waals surface area contributed by atoms with E-state index in [2.05, 4.69) is 0 Å². The summed E-state index contributed by atoms with van der Waals surface area (Å²) in [7, 11) is -1.97. The molecular formula is C26H27NO7S. The second kappa shape index (κ2) is 11.4. The van der Waals surface area contributed by atoms with Gasteiger partial charge in [0.05, 0.1) is 30.8 Å². The number of sulfonamides is 1. The zero-order chi connectivity index (χ0) is 24.7. The van der Waals surface area contributed by atoms with E-state index in [9.17, 15) is 13.2 Å². The van der Waals surface area contributed by atoms with Crippen molar-refractivity contribution in [3.63, 3.8) is 0 Å². The molecule has 3 aromatic rings. The minimum atomic E-state index is -3.56. The third kappa shape index (κ3) is 6.19. The van der Waals surface area contributed by atoms with E-state index in [-0.39, 0.29) is 11.5 Å². The lowest BCUT2D eigenvalue weighted by molar-refractivity contribution is 0.0472. The molecule has 0 unspecified atom stereocenters. The van der Waals surface area contributed by atoms with Gasteiger partial charge in [-0.1, -0.05) is 36.4 Å². The van der Waals surface area contributed by atoms with Crippen molar-refractivity contribution in [2.24, 2.45) is 0 Å². The zero-order valence-electron chi connectivity index (χ0n) is 19.4. The molecule has 4 rings (SSSR count). The number of hydrogen-bond donors (Lipinski definition) is 0. The number of rotatable bonds is 9. The van der Waals surface area contributed by atoms with Crippen molar-refractivity contribution in [1.29, 1.82) is 0 Å². The topological polar surface area (TPSA) is 91.4 Å². The number of para-hydroxylation sites is 2. The zero-order valence-corrected chi connectivity index (χ0v) is 20.2. The van der Waals surface area contributed by atoms with Gasteiger partial charge in [-0.15, -0.1) is 0 Å². The van der Waals surface area contributed by atoms with E-state index in [4.69, 9.17) is 18.9 Å². The number of carbonyl (C=O) groups excluding carboxylic acids is 1. The van der Waals surface area contributed by atoms with E-state index < -0.39 is 16.0 Å². The molecule has 3 aromatic carbocycles. The fraction of sp³-hybridized carbons (Fsp3) is 0.269. The van der Waals surface area contributed by atoms with Gasteiger partial charge in [-0.25, -0.2) is 13.2 Å². The molecule has 8 nitrogen and oxygen atoms in total. The van der Waals surface area contributed by atoms with Crippen molar-refractivity contribution in [3.05, 3.63) is 89.5 Å². The van der Waals surface area contributed by atoms with Gasteiger partial charge < -0.3 is 18.9 Å². The summed E-state index contributed by atoms with van der Waals surface area (Å²) < 4.78 is 48.5. The Morgan fingerprint density at radius 3 is 2.11 bits per heavy atom. The summed E-state index contributed by atoms with van der Waals surface area (Å²) in [5, 5.41) is 0. The average molecular weight is 498 g/mol. The maximum absolute atomic E-state index is 12.7. The van der Waals surface area contributed by atoms with E-state index in [0.29, 0.717) is 55.5 Å². The molecule has 1 fully saturated rings. The van der Waals surface area contributed by atoms with Gasteiger partial charge in [-0.2, -0.15) is 4.31 Å². The van der Waals surface area contributed by atoms with Crippen LogP contribution in [0.1, 0.15) is 21.5 Å². The van der Waals surface area contributed by atoms with Crippen LogP contribution in [-0.4, -0.2) is 52.1 Å². The molecule has 1 saturated heterocycles. The molecule has 1 aliphatic rings. The third-order valence-corrected chi connectivity index (χ3v) is 7.47. The highest BCUT2D eigenvalue weighted by Gasteiger charge is 2.26. The highest BCUT2D eigenvalue weighted by Crippen LogP contribution is 2.26. The van der Waals surface area contributed by atoms with Gasteiger partial charge in [0.25, 0.3) is 0 Å². The molecule has 35 heavy (non-hydrogen) atoms. The summed E-state index contributed by atoms with van der Waals surface area (Å²) in [6, 6.07) is 20.7. The van der Waals surface area contributed by atoms with Crippen LogP contribution < -0.4 is 9.47 Å². The minimum Gasteiger partial charge on any atom is -0.493 e. The first-order valence-corrected chi connectivity index (χ1v) is 12.6. The number of esters is 1. The van der Waals surface area contributed by atoms with Crippen LogP contribution in [0.3, 0.4) is 0 Å². The molecule has 0 amide bonds. The van der Waals surface area contributed by atoms with Crippen LogP contribution in [0.15, 0.2) is 77.7 Å². The molecule has 1 heterocycles. The van der Waals surface area contributed by atoms with Crippen LogP contribution >= 0.6 is 0 Å². The van der Waals surface area contributed by atoms with Crippen LogP contribution in [-0.2, 0) is 32.7 Å². The quantitative estimate of drug-likeness (QED) is 0.417. The van der Waals surface area contributed by atoms with E-state index in [1.165, 1.54) is 16.4 Å². The van der Waals surface area contributed by atoms with E-state index >= 15 is 0 Å². The molecule has 9 heteroatoms. The maximum atomic E-state index is 12.7. The number of hydrogen-bond acceptors (Lipinski definition) is 7. The number of ether oxygens (including phenoxy) is 4. The first-order valence-electron chi connectivity index (χ1n) is 11.2. The van der Waals surface area contributed by atoms with Gasteiger partial charge in [0, 0.05) is 13.1 Å². The van der Waals surface area contributed by atoms with Crippen LogP contribution in [0.25, 0.3) is 0 Å². The number of methoxy groups -OCH3 is 1. The Hall–Kier alpha value is -3.40. The number of carbonyl (C=O) groups is 1. The first-order chi connectivity index (χ1) is 17.0. The van der Waals surface area contributed by atoms with Gasteiger partial charge in [0.15, 0.2) is 11.5 Å². The van der Waals surface area contributed by atoms with Crippen molar-refractivity contribution < 1.29 is 32.2 Å². The predicted molar refractivity (Wildman–Crippen MR) is 129 cm³/mol. The summed E-state index contributed by atoms with van der Waals surface area (Å²) in [4.78, 5) is 12.6. The van der Waals surface area contributed by atoms with Crippen molar-refractivity contribution in [3.8, 4) is 11.5 Å². The van der Waals surface area contributed by atoms with E-state index in [1.807, 2.05) is 24.3 Å². The van der Waals surface area contributed by atoms with Crippen molar-refractivity contribution in [1.82, 2.24) is 4.31 Å². The molecule has 0 aliphatic carbocycles. The Labute approximate surface area is 205 Å². The molecule has 0 radical (unpaired) electrons. The first kappa shape index (κ1) is 24.7. The Kier molecular flexibility index (Phi) is 8.02. The number of morpholine rings is 1. The highest BCUT2D eigenvalue weighted by atomic mass is 32.2. The summed E-state index contributed by atoms with van der Waals surface area (Å²) in [6.45, 7) is 1.83. The summed E-state index contributed by atoms with van der Waals surface area (Å²) in [5.41, 5.74) is 2.00. The molecule has 0 aromatic heterocycles. The van der Waals surface area contributed by atoms with Crippen molar-refractivity contribution in [2.45, 2.75) is 18.1 Å². The molecule has 0 atom stereocenters. The standard InChI is InChI=1S/C26H27NO7S/c1-31-24-4-2-3-5-25(24)33-18-20-6-10-22(11-7-20)26(28)34-19-21-8-12-23(13-9-21)35(29,30)27-14-16-32-17-15-27/h2-13H,14-19H2,1H3. The van der Waals surface area contributed by atoms with Gasteiger partial charge in [0.1, 0.15) is 13.2 Å². The molecule has 1 aliphatic heterocycles. The smallest absolute Gasteiger partial charge is 0.338 e. The van der Waals surface area contributed by atoms with Gasteiger partial charge in [-0.05, 0) is 47.5 Å². The molecule has 0 N–H and O–H groups in total. The average Bonchev–Trinajstić information content (AvgIpc) is 2.91. The lowest BCUT2D eigenvalue weighted by Crippen LogP contribution is -2.40. The van der Waals surface area contributed by atoms with E-state index in [0.717, 1.165) is 5.56 Å². The predicted octanol–water partition coefficient (Wildman–Crippen LogP) is 3.65. The SMILES string of the molecule is COc1ccccc1OCc1ccc(C(=O)OCc2ccc(S(=O)(=O)N3CCOCC3)cc2)cc1. The molecule has 184 valence electrons. The summed E-state index contributed by atoms with van der Waals surface area (Å²) >= 11 is 0. The maximum Gasteiger partial charge on any atom is 0.338 e. The second-order valence-electron chi connectivity index (χ2n) is 7.87. The third-order valence-electron chi connectivity index (χ3n) is 5.55. The fourth-order valence-corrected chi connectivity index (χ4v) is 4.97. The Bertz CT molecular complexity index is 1240. The second-order valence-corrected chi connectivity index (χ2v) is 9.81. The number of benzene rings is 3. The van der Waals surface area contributed by atoms with Crippen LogP contribution in [0.4, 0.5) is 0 Å². The molecular weight excluding hydrogens is 470 g/mol. The molecule has 0 bridgehead atoms. The van der Waals surface area contributed by atoms with Crippen molar-refractivity contribution in [2.75, 3.05) is 33.4 Å². The van der Waals surface area contributed by atoms with Crippen LogP contribution in [0, 0.1) is 0 Å². The lowest BCUT2D eigenvalue weighted by Gasteiger charge is -2.26. The molecule has 0 saturated carbocycles. The monoisotopic (exact) mass is 497 g/mol. The normalized spacial score (nSPS) is 14.3. The largest absolute Gasteiger partial charge is 0.493 e.